The molecular formula is C22H24N6O6. The first-order valence-corrected chi connectivity index (χ1v) is 11.1. The van der Waals surface area contributed by atoms with Gasteiger partial charge >= 0.3 is 0 Å². The van der Waals surface area contributed by atoms with Crippen molar-refractivity contribution in [1.29, 1.82) is 0 Å². The normalized spacial score (nSPS) is 24.9. The SMILES string of the molecule is CC1COC(CO)CN1C(=O)c1cn(-c2ccc3c(c2)CN(C2CCC(=O)NC2=O)C3=O)nn1. The van der Waals surface area contributed by atoms with Crippen molar-refractivity contribution in [2.45, 2.75) is 44.5 Å². The molecule has 0 radical (unpaired) electrons. The van der Waals surface area contributed by atoms with Crippen LogP contribution < -0.4 is 5.32 Å². The summed E-state index contributed by atoms with van der Waals surface area (Å²) in [4.78, 5) is 52.6. The van der Waals surface area contributed by atoms with Crippen LogP contribution in [0, 0.1) is 0 Å². The van der Waals surface area contributed by atoms with E-state index >= 15 is 0 Å². The molecule has 3 aliphatic heterocycles. The van der Waals surface area contributed by atoms with Gasteiger partial charge in [0.2, 0.25) is 11.8 Å². The maximum Gasteiger partial charge on any atom is 0.276 e. The van der Waals surface area contributed by atoms with Crippen LogP contribution in [0.2, 0.25) is 0 Å². The molecule has 3 atom stereocenters. The van der Waals surface area contributed by atoms with E-state index in [2.05, 4.69) is 15.6 Å². The van der Waals surface area contributed by atoms with E-state index in [9.17, 15) is 24.3 Å². The van der Waals surface area contributed by atoms with E-state index in [0.29, 0.717) is 24.3 Å². The molecule has 5 rings (SSSR count). The molecule has 2 aromatic rings. The maximum absolute atomic E-state index is 13.0. The van der Waals surface area contributed by atoms with Gasteiger partial charge in [0.05, 0.1) is 37.2 Å². The number of amides is 4. The molecule has 12 nitrogen and oxygen atoms in total. The zero-order chi connectivity index (χ0) is 24.0. The van der Waals surface area contributed by atoms with E-state index in [1.165, 1.54) is 15.8 Å². The van der Waals surface area contributed by atoms with Crippen LogP contribution in [0.3, 0.4) is 0 Å². The standard InChI is InChI=1S/C22H24N6O6/c1-12-11-34-15(10-29)8-26(12)22(33)17-9-28(25-24-17)14-2-3-16-13(6-14)7-27(21(16)32)18-4-5-19(30)23-20(18)31/h2-3,6,9,12,15,18,29H,4-5,7-8,10-11H2,1H3,(H,23,30,31). The lowest BCUT2D eigenvalue weighted by Gasteiger charge is -2.36. The fourth-order valence-electron chi connectivity index (χ4n) is 4.55. The van der Waals surface area contributed by atoms with Crippen LogP contribution in [0.4, 0.5) is 0 Å². The summed E-state index contributed by atoms with van der Waals surface area (Å²) in [5.41, 5.74) is 1.99. The van der Waals surface area contributed by atoms with Gasteiger partial charge in [-0.15, -0.1) is 5.10 Å². The largest absolute Gasteiger partial charge is 0.394 e. The summed E-state index contributed by atoms with van der Waals surface area (Å²) in [6, 6.07) is 4.30. The minimum atomic E-state index is -0.685. The molecule has 34 heavy (non-hydrogen) atoms. The number of hydrogen-bond donors (Lipinski definition) is 2. The number of nitrogens with zero attached hydrogens (tertiary/aromatic N) is 5. The second-order valence-electron chi connectivity index (χ2n) is 8.73. The van der Waals surface area contributed by atoms with E-state index in [0.717, 1.165) is 5.56 Å². The van der Waals surface area contributed by atoms with Crippen LogP contribution in [0.25, 0.3) is 5.69 Å². The van der Waals surface area contributed by atoms with Gasteiger partial charge in [-0.25, -0.2) is 4.68 Å². The molecule has 2 fully saturated rings. The predicted molar refractivity (Wildman–Crippen MR) is 115 cm³/mol. The third-order valence-electron chi connectivity index (χ3n) is 6.45. The Balaban J connectivity index is 1.34. The molecule has 0 aliphatic carbocycles. The van der Waals surface area contributed by atoms with E-state index in [4.69, 9.17) is 4.74 Å². The Hall–Kier alpha value is -3.64. The molecule has 1 aromatic heterocycles. The van der Waals surface area contributed by atoms with Gasteiger partial charge in [-0.3, -0.25) is 24.5 Å². The number of morpholine rings is 1. The summed E-state index contributed by atoms with van der Waals surface area (Å²) < 4.78 is 6.95. The average molecular weight is 468 g/mol. The lowest BCUT2D eigenvalue weighted by atomic mass is 10.0. The smallest absolute Gasteiger partial charge is 0.276 e. The number of fused-ring (bicyclic) bond motifs is 1. The van der Waals surface area contributed by atoms with Crippen molar-refractivity contribution in [1.82, 2.24) is 30.1 Å². The van der Waals surface area contributed by atoms with E-state index in [1.807, 2.05) is 6.92 Å². The first-order valence-electron chi connectivity index (χ1n) is 11.1. The average Bonchev–Trinajstić information content (AvgIpc) is 3.44. The molecule has 4 heterocycles. The Morgan fingerprint density at radius 2 is 2.12 bits per heavy atom. The molecular weight excluding hydrogens is 444 g/mol. The highest BCUT2D eigenvalue weighted by molar-refractivity contribution is 6.05. The number of aliphatic hydroxyl groups is 1. The lowest BCUT2D eigenvalue weighted by molar-refractivity contribution is -0.136. The fraction of sp³-hybridized carbons (Fsp3) is 0.455. The maximum atomic E-state index is 13.0. The van der Waals surface area contributed by atoms with Gasteiger partial charge in [-0.1, -0.05) is 5.21 Å². The van der Waals surface area contributed by atoms with Gasteiger partial charge in [-0.2, -0.15) is 0 Å². The van der Waals surface area contributed by atoms with Crippen LogP contribution >= 0.6 is 0 Å². The topological polar surface area (TPSA) is 147 Å². The molecule has 2 N–H and O–H groups in total. The molecule has 1 aromatic carbocycles. The van der Waals surface area contributed by atoms with Gasteiger partial charge < -0.3 is 19.6 Å². The highest BCUT2D eigenvalue weighted by Crippen LogP contribution is 2.29. The van der Waals surface area contributed by atoms with Gasteiger partial charge in [-0.05, 0) is 37.1 Å². The van der Waals surface area contributed by atoms with Crippen molar-refractivity contribution in [2.75, 3.05) is 19.8 Å². The zero-order valence-electron chi connectivity index (χ0n) is 18.5. The first kappa shape index (κ1) is 22.2. The second kappa shape index (κ2) is 8.61. The van der Waals surface area contributed by atoms with E-state index in [-0.39, 0.29) is 55.6 Å². The number of ether oxygens (including phenoxy) is 1. The Kier molecular flexibility index (Phi) is 5.62. The second-order valence-corrected chi connectivity index (χ2v) is 8.73. The van der Waals surface area contributed by atoms with Crippen molar-refractivity contribution in [3.05, 3.63) is 41.2 Å². The quantitative estimate of drug-likeness (QED) is 0.557. The van der Waals surface area contributed by atoms with Crippen LogP contribution in [0.15, 0.2) is 24.4 Å². The Morgan fingerprint density at radius 3 is 2.88 bits per heavy atom. The summed E-state index contributed by atoms with van der Waals surface area (Å²) >= 11 is 0. The first-order chi connectivity index (χ1) is 16.4. The molecule has 12 heteroatoms. The Labute approximate surface area is 194 Å². The molecule has 0 bridgehead atoms. The molecule has 178 valence electrons. The summed E-state index contributed by atoms with van der Waals surface area (Å²) in [5, 5.41) is 19.8. The van der Waals surface area contributed by atoms with Gasteiger partial charge in [0, 0.05) is 25.1 Å². The van der Waals surface area contributed by atoms with Gasteiger partial charge in [0.15, 0.2) is 5.69 Å². The van der Waals surface area contributed by atoms with Crippen molar-refractivity contribution in [2.24, 2.45) is 0 Å². The highest BCUT2D eigenvalue weighted by atomic mass is 16.5. The van der Waals surface area contributed by atoms with Crippen molar-refractivity contribution < 1.29 is 29.0 Å². The number of aliphatic hydroxyl groups excluding tert-OH is 1. The third-order valence-corrected chi connectivity index (χ3v) is 6.45. The van der Waals surface area contributed by atoms with E-state index < -0.39 is 18.1 Å². The van der Waals surface area contributed by atoms with Gasteiger partial charge in [0.1, 0.15) is 6.04 Å². The molecule has 0 spiro atoms. The number of benzene rings is 1. The number of nitrogens with one attached hydrogen (secondary N) is 1. The summed E-state index contributed by atoms with van der Waals surface area (Å²) in [6.07, 6.45) is 1.58. The minimum Gasteiger partial charge on any atom is -0.394 e. The minimum absolute atomic E-state index is 0.159. The number of piperidine rings is 1. The number of imide groups is 1. The predicted octanol–water partition coefficient (Wildman–Crippen LogP) is -0.750. The highest BCUT2D eigenvalue weighted by Gasteiger charge is 2.39. The number of aromatic nitrogens is 3. The molecule has 3 aliphatic rings. The molecule has 4 amide bonds. The van der Waals surface area contributed by atoms with Crippen LogP contribution in [0.1, 0.15) is 46.2 Å². The number of carbonyl (C=O) groups is 4. The number of rotatable bonds is 4. The summed E-state index contributed by atoms with van der Waals surface area (Å²) in [7, 11) is 0. The van der Waals surface area contributed by atoms with Crippen molar-refractivity contribution in [3.63, 3.8) is 0 Å². The molecule has 0 saturated carbocycles. The van der Waals surface area contributed by atoms with Crippen molar-refractivity contribution >= 4 is 23.6 Å². The van der Waals surface area contributed by atoms with Crippen LogP contribution in [-0.2, 0) is 20.9 Å². The lowest BCUT2D eigenvalue weighted by Crippen LogP contribution is -2.52. The Bertz CT molecular complexity index is 1180. The summed E-state index contributed by atoms with van der Waals surface area (Å²) in [6.45, 7) is 2.52. The van der Waals surface area contributed by atoms with Crippen LogP contribution in [-0.4, -0.2) is 91.5 Å². The molecule has 3 unspecified atom stereocenters. The number of carbonyl (C=O) groups excluding carboxylic acids is 4. The third kappa shape index (κ3) is 3.84. The monoisotopic (exact) mass is 468 g/mol. The molecule has 2 saturated heterocycles. The zero-order valence-corrected chi connectivity index (χ0v) is 18.5. The Morgan fingerprint density at radius 1 is 1.29 bits per heavy atom. The number of hydrogen-bond acceptors (Lipinski definition) is 8. The van der Waals surface area contributed by atoms with Crippen LogP contribution in [0.5, 0.6) is 0 Å². The fourth-order valence-corrected chi connectivity index (χ4v) is 4.55. The van der Waals surface area contributed by atoms with Crippen molar-refractivity contribution in [3.8, 4) is 5.69 Å². The van der Waals surface area contributed by atoms with E-state index in [1.54, 1.807) is 23.1 Å². The summed E-state index contributed by atoms with van der Waals surface area (Å²) in [5.74, 6) is -1.36. The van der Waals surface area contributed by atoms with Gasteiger partial charge in [0.25, 0.3) is 11.8 Å².